The van der Waals surface area contributed by atoms with E-state index in [1.54, 1.807) is 7.11 Å². The highest BCUT2D eigenvalue weighted by atomic mass is 79.9. The molecule has 0 atom stereocenters. The Kier molecular flexibility index (Phi) is 5.75. The maximum Gasteiger partial charge on any atom is 0.175 e. The molecule has 0 aliphatic carbocycles. The summed E-state index contributed by atoms with van der Waals surface area (Å²) in [4.78, 5) is 0. The van der Waals surface area contributed by atoms with E-state index >= 15 is 0 Å². The van der Waals surface area contributed by atoms with Crippen molar-refractivity contribution >= 4 is 43.5 Å². The van der Waals surface area contributed by atoms with Crippen molar-refractivity contribution in [2.45, 2.75) is 12.5 Å². The van der Waals surface area contributed by atoms with Gasteiger partial charge in [0.15, 0.2) is 11.5 Å². The van der Waals surface area contributed by atoms with Gasteiger partial charge in [-0.25, -0.2) is 0 Å². The number of benzene rings is 2. The van der Waals surface area contributed by atoms with Crippen LogP contribution in [-0.2, 0) is 12.5 Å². The summed E-state index contributed by atoms with van der Waals surface area (Å²) < 4.78 is 13.1. The van der Waals surface area contributed by atoms with Gasteiger partial charge in [-0.15, -0.1) is 11.6 Å². The number of hydrogen-bond acceptors (Lipinski definition) is 2. The number of ether oxygens (including phenoxy) is 2. The molecule has 20 heavy (non-hydrogen) atoms. The summed E-state index contributed by atoms with van der Waals surface area (Å²) in [7, 11) is 1.62. The van der Waals surface area contributed by atoms with Crippen LogP contribution in [0.25, 0.3) is 0 Å². The van der Waals surface area contributed by atoms with E-state index in [1.165, 1.54) is 0 Å². The molecule has 106 valence electrons. The minimum atomic E-state index is 0.431. The molecule has 0 bridgehead atoms. The van der Waals surface area contributed by atoms with Crippen LogP contribution in [0.15, 0.2) is 45.3 Å². The molecule has 0 saturated heterocycles. The van der Waals surface area contributed by atoms with Crippen LogP contribution in [0.2, 0.25) is 0 Å². The molecule has 2 nitrogen and oxygen atoms in total. The molecule has 0 unspecified atom stereocenters. The maximum absolute atomic E-state index is 5.86. The van der Waals surface area contributed by atoms with Crippen LogP contribution in [-0.4, -0.2) is 7.11 Å². The Morgan fingerprint density at radius 1 is 1.10 bits per heavy atom. The zero-order valence-electron chi connectivity index (χ0n) is 10.8. The zero-order chi connectivity index (χ0) is 14.5. The number of rotatable bonds is 5. The Morgan fingerprint density at radius 2 is 1.90 bits per heavy atom. The van der Waals surface area contributed by atoms with Gasteiger partial charge in [-0.2, -0.15) is 0 Å². The van der Waals surface area contributed by atoms with Crippen molar-refractivity contribution in [3.05, 3.63) is 56.5 Å². The van der Waals surface area contributed by atoms with Crippen molar-refractivity contribution in [1.29, 1.82) is 0 Å². The Morgan fingerprint density at radius 3 is 2.55 bits per heavy atom. The van der Waals surface area contributed by atoms with Crippen molar-refractivity contribution in [3.63, 3.8) is 0 Å². The van der Waals surface area contributed by atoms with Crippen LogP contribution < -0.4 is 9.47 Å². The van der Waals surface area contributed by atoms with E-state index in [0.717, 1.165) is 20.1 Å². The Bertz CT molecular complexity index is 602. The third-order valence-electron chi connectivity index (χ3n) is 2.72. The van der Waals surface area contributed by atoms with Crippen molar-refractivity contribution < 1.29 is 9.47 Å². The highest BCUT2D eigenvalue weighted by molar-refractivity contribution is 9.10. The summed E-state index contributed by atoms with van der Waals surface area (Å²) in [6.07, 6.45) is 0. The first kappa shape index (κ1) is 15.7. The molecular formula is C15H13Br2ClO2. The Balaban J connectivity index is 2.20. The molecule has 0 heterocycles. The Labute approximate surface area is 140 Å². The summed E-state index contributed by atoms with van der Waals surface area (Å²) in [5, 5.41) is 0. The van der Waals surface area contributed by atoms with Crippen LogP contribution in [0.5, 0.6) is 11.5 Å². The lowest BCUT2D eigenvalue weighted by molar-refractivity contribution is 0.282. The predicted octanol–water partition coefficient (Wildman–Crippen LogP) is 5.54. The topological polar surface area (TPSA) is 18.5 Å². The molecule has 0 spiro atoms. The largest absolute Gasteiger partial charge is 0.493 e. The normalized spacial score (nSPS) is 10.4. The van der Waals surface area contributed by atoms with E-state index in [0.29, 0.717) is 24.0 Å². The molecule has 0 aliphatic heterocycles. The van der Waals surface area contributed by atoms with Crippen molar-refractivity contribution in [1.82, 2.24) is 0 Å². The smallest absolute Gasteiger partial charge is 0.175 e. The molecule has 0 N–H and O–H groups in total. The molecule has 0 amide bonds. The summed E-state index contributed by atoms with van der Waals surface area (Å²) in [5.41, 5.74) is 2.06. The molecule has 2 rings (SSSR count). The van der Waals surface area contributed by atoms with E-state index in [2.05, 4.69) is 31.9 Å². The molecule has 2 aromatic carbocycles. The number of halogens is 3. The predicted molar refractivity (Wildman–Crippen MR) is 88.7 cm³/mol. The number of alkyl halides is 1. The molecule has 0 radical (unpaired) electrons. The number of methoxy groups -OCH3 is 1. The van der Waals surface area contributed by atoms with Gasteiger partial charge in [0.25, 0.3) is 0 Å². The highest BCUT2D eigenvalue weighted by Gasteiger charge is 2.11. The molecular weight excluding hydrogens is 407 g/mol. The van der Waals surface area contributed by atoms with Gasteiger partial charge < -0.3 is 9.47 Å². The molecule has 2 aromatic rings. The lowest BCUT2D eigenvalue weighted by Crippen LogP contribution is -1.99. The van der Waals surface area contributed by atoms with Gasteiger partial charge in [0.05, 0.1) is 11.6 Å². The van der Waals surface area contributed by atoms with Crippen LogP contribution in [0.3, 0.4) is 0 Å². The second-order valence-corrected chi connectivity index (χ2v) is 6.20. The minimum Gasteiger partial charge on any atom is -0.493 e. The lowest BCUT2D eigenvalue weighted by Gasteiger charge is -2.14. The quantitative estimate of drug-likeness (QED) is 0.592. The van der Waals surface area contributed by atoms with E-state index in [4.69, 9.17) is 21.1 Å². The maximum atomic E-state index is 5.86. The average Bonchev–Trinajstić information content (AvgIpc) is 2.45. The van der Waals surface area contributed by atoms with Gasteiger partial charge in [0.1, 0.15) is 6.61 Å². The van der Waals surface area contributed by atoms with E-state index in [9.17, 15) is 0 Å². The molecule has 0 aliphatic rings. The van der Waals surface area contributed by atoms with Gasteiger partial charge in [-0.1, -0.05) is 28.1 Å². The van der Waals surface area contributed by atoms with Crippen LogP contribution in [0, 0.1) is 0 Å². The Hall–Kier alpha value is -0.710. The van der Waals surface area contributed by atoms with Gasteiger partial charge in [0, 0.05) is 10.4 Å². The average molecular weight is 421 g/mol. The van der Waals surface area contributed by atoms with Gasteiger partial charge in [-0.3, -0.25) is 0 Å². The fraction of sp³-hybridized carbons (Fsp3) is 0.200. The van der Waals surface area contributed by atoms with E-state index < -0.39 is 0 Å². The molecule has 5 heteroatoms. The number of hydrogen-bond donors (Lipinski definition) is 0. The monoisotopic (exact) mass is 418 g/mol. The van der Waals surface area contributed by atoms with Crippen LogP contribution in [0.4, 0.5) is 0 Å². The first-order valence-corrected chi connectivity index (χ1v) is 8.05. The van der Waals surface area contributed by atoms with Gasteiger partial charge >= 0.3 is 0 Å². The summed E-state index contributed by atoms with van der Waals surface area (Å²) in [5.74, 6) is 1.78. The minimum absolute atomic E-state index is 0.431. The highest BCUT2D eigenvalue weighted by Crippen LogP contribution is 2.37. The second kappa shape index (κ2) is 7.34. The summed E-state index contributed by atoms with van der Waals surface area (Å²) >= 11 is 12.8. The third-order valence-corrected chi connectivity index (χ3v) is 4.11. The van der Waals surface area contributed by atoms with Crippen molar-refractivity contribution in [3.8, 4) is 11.5 Å². The zero-order valence-corrected chi connectivity index (χ0v) is 14.8. The second-order valence-electron chi connectivity index (χ2n) is 4.16. The SMILES string of the molecule is COc1cc(CCl)cc(Br)c1OCc1cccc(Br)c1. The fourth-order valence-electron chi connectivity index (χ4n) is 1.77. The van der Waals surface area contributed by atoms with Crippen LogP contribution >= 0.6 is 43.5 Å². The molecule has 0 fully saturated rings. The van der Waals surface area contributed by atoms with Crippen molar-refractivity contribution in [2.75, 3.05) is 7.11 Å². The standard InChI is InChI=1S/C15H13Br2ClO2/c1-19-14-7-11(8-18)6-13(17)15(14)20-9-10-3-2-4-12(16)5-10/h2-7H,8-9H2,1H3. The van der Waals surface area contributed by atoms with Gasteiger partial charge in [0.2, 0.25) is 0 Å². The van der Waals surface area contributed by atoms with E-state index in [1.807, 2.05) is 36.4 Å². The third kappa shape index (κ3) is 3.90. The molecule has 0 saturated carbocycles. The lowest BCUT2D eigenvalue weighted by atomic mass is 10.2. The van der Waals surface area contributed by atoms with Gasteiger partial charge in [-0.05, 0) is 51.3 Å². The van der Waals surface area contributed by atoms with E-state index in [-0.39, 0.29) is 0 Å². The van der Waals surface area contributed by atoms with Crippen molar-refractivity contribution in [2.24, 2.45) is 0 Å². The fourth-order valence-corrected chi connectivity index (χ4v) is 2.98. The van der Waals surface area contributed by atoms with Crippen LogP contribution in [0.1, 0.15) is 11.1 Å². The molecule has 0 aromatic heterocycles. The summed E-state index contributed by atoms with van der Waals surface area (Å²) in [6.45, 7) is 0.467. The summed E-state index contributed by atoms with van der Waals surface area (Å²) in [6, 6.07) is 11.8. The first-order chi connectivity index (χ1) is 9.63. The first-order valence-electron chi connectivity index (χ1n) is 5.93.